The second-order valence-electron chi connectivity index (χ2n) is 7.25. The number of hydrogen-bond acceptors (Lipinski definition) is 4. The van der Waals surface area contributed by atoms with Crippen LogP contribution in [0.3, 0.4) is 0 Å². The minimum atomic E-state index is 0. The van der Waals surface area contributed by atoms with Crippen molar-refractivity contribution in [2.45, 2.75) is 64.6 Å². The molecule has 0 saturated carbocycles. The summed E-state index contributed by atoms with van der Waals surface area (Å²) in [4.78, 5) is 19.3. The predicted octanol–water partition coefficient (Wildman–Crippen LogP) is 1.97. The van der Waals surface area contributed by atoms with E-state index in [1.807, 2.05) is 11.8 Å². The van der Waals surface area contributed by atoms with Crippen molar-refractivity contribution in [2.75, 3.05) is 39.3 Å². The molecule has 5 nitrogen and oxygen atoms in total. The highest BCUT2D eigenvalue weighted by molar-refractivity contribution is 5.85. The lowest BCUT2D eigenvalue weighted by molar-refractivity contribution is -0.133. The number of carbonyl (C=O) groups excluding carboxylic acids is 1. The number of nitrogens with zero attached hydrogens (tertiary/aromatic N) is 3. The summed E-state index contributed by atoms with van der Waals surface area (Å²) in [6.45, 7) is 12.7. The highest BCUT2D eigenvalue weighted by atomic mass is 35.5. The van der Waals surface area contributed by atoms with Gasteiger partial charge in [-0.25, -0.2) is 0 Å². The molecule has 0 spiro atoms. The lowest BCUT2D eigenvalue weighted by Crippen LogP contribution is -2.51. The number of halogens is 2. The van der Waals surface area contributed by atoms with E-state index in [9.17, 15) is 4.79 Å². The molecule has 0 aromatic carbocycles. The highest BCUT2D eigenvalue weighted by Gasteiger charge is 2.28. The molecule has 2 fully saturated rings. The summed E-state index contributed by atoms with van der Waals surface area (Å²) < 4.78 is 0. The molecule has 2 saturated heterocycles. The van der Waals surface area contributed by atoms with Crippen LogP contribution in [0.2, 0.25) is 0 Å². The van der Waals surface area contributed by atoms with E-state index >= 15 is 0 Å². The highest BCUT2D eigenvalue weighted by Crippen LogP contribution is 2.22. The number of amides is 1. The molecule has 0 bridgehead atoms. The minimum Gasteiger partial charge on any atom is -0.340 e. The normalized spacial score (nSPS) is 26.6. The number of nitrogens with two attached hydrogens (primary N) is 1. The second-order valence-corrected chi connectivity index (χ2v) is 7.25. The maximum absolute atomic E-state index is 12.1. The molecule has 0 aromatic rings. The zero-order valence-electron chi connectivity index (χ0n) is 15.4. The van der Waals surface area contributed by atoms with Crippen molar-refractivity contribution < 1.29 is 4.79 Å². The van der Waals surface area contributed by atoms with Crippen LogP contribution in [0.15, 0.2) is 0 Å². The van der Waals surface area contributed by atoms with Gasteiger partial charge in [0.25, 0.3) is 0 Å². The fraction of sp³-hybridized carbons (Fsp3) is 0.941. The molecule has 2 N–H and O–H groups in total. The molecule has 144 valence electrons. The van der Waals surface area contributed by atoms with Crippen molar-refractivity contribution in [3.63, 3.8) is 0 Å². The van der Waals surface area contributed by atoms with Crippen LogP contribution < -0.4 is 5.73 Å². The molecule has 2 heterocycles. The molecule has 1 amide bonds. The van der Waals surface area contributed by atoms with Gasteiger partial charge in [-0.1, -0.05) is 0 Å². The SMILES string of the molecule is CC(N)CCC(=O)N1CCN(CCN2C(C)CCC2C)CC1.Cl.Cl. The number of hydrogen-bond donors (Lipinski definition) is 1. The molecule has 24 heavy (non-hydrogen) atoms. The zero-order chi connectivity index (χ0) is 16.1. The molecule has 0 radical (unpaired) electrons. The van der Waals surface area contributed by atoms with Gasteiger partial charge >= 0.3 is 0 Å². The molecule has 3 unspecified atom stereocenters. The Labute approximate surface area is 160 Å². The van der Waals surface area contributed by atoms with Gasteiger partial charge in [-0.3, -0.25) is 14.6 Å². The molecule has 0 aromatic heterocycles. The van der Waals surface area contributed by atoms with E-state index in [4.69, 9.17) is 5.73 Å². The summed E-state index contributed by atoms with van der Waals surface area (Å²) in [5, 5.41) is 0. The Morgan fingerprint density at radius 2 is 1.58 bits per heavy atom. The van der Waals surface area contributed by atoms with Gasteiger partial charge in [0.1, 0.15) is 0 Å². The smallest absolute Gasteiger partial charge is 0.222 e. The number of rotatable bonds is 6. The molecule has 0 aliphatic carbocycles. The van der Waals surface area contributed by atoms with Crippen LogP contribution >= 0.6 is 24.8 Å². The van der Waals surface area contributed by atoms with Crippen molar-refractivity contribution >= 4 is 30.7 Å². The lowest BCUT2D eigenvalue weighted by atomic mass is 10.1. The van der Waals surface area contributed by atoms with Gasteiger partial charge in [0.2, 0.25) is 5.91 Å². The van der Waals surface area contributed by atoms with Gasteiger partial charge in [-0.05, 0) is 40.0 Å². The molecule has 7 heteroatoms. The Kier molecular flexibility index (Phi) is 11.5. The standard InChI is InChI=1S/C17H34N4O.2ClH/c1-14(18)4-7-17(22)20-11-8-19(9-12-20)10-13-21-15(2)5-6-16(21)3;;/h14-16H,4-13,18H2,1-3H3;2*1H. The van der Waals surface area contributed by atoms with E-state index in [0.29, 0.717) is 6.42 Å². The Morgan fingerprint density at radius 3 is 2.08 bits per heavy atom. The average Bonchev–Trinajstić information content (AvgIpc) is 2.82. The van der Waals surface area contributed by atoms with Gasteiger partial charge in [0.05, 0.1) is 0 Å². The molecule has 3 atom stereocenters. The van der Waals surface area contributed by atoms with E-state index < -0.39 is 0 Å². The maximum atomic E-state index is 12.1. The summed E-state index contributed by atoms with van der Waals surface area (Å²) in [7, 11) is 0. The topological polar surface area (TPSA) is 52.8 Å². The summed E-state index contributed by atoms with van der Waals surface area (Å²) in [5.41, 5.74) is 5.73. The van der Waals surface area contributed by atoms with Gasteiger partial charge < -0.3 is 10.6 Å². The average molecular weight is 383 g/mol. The Bertz CT molecular complexity index is 352. The van der Waals surface area contributed by atoms with Gasteiger partial charge in [0.15, 0.2) is 0 Å². The third-order valence-electron chi connectivity index (χ3n) is 5.35. The van der Waals surface area contributed by atoms with Gasteiger partial charge in [-0.15, -0.1) is 24.8 Å². The monoisotopic (exact) mass is 382 g/mol. The van der Waals surface area contributed by atoms with Gasteiger partial charge in [-0.2, -0.15) is 0 Å². The summed E-state index contributed by atoms with van der Waals surface area (Å²) in [6.07, 6.45) is 4.07. The third kappa shape index (κ3) is 7.04. The molecule has 2 aliphatic rings. The van der Waals surface area contributed by atoms with Crippen molar-refractivity contribution in [1.29, 1.82) is 0 Å². The fourth-order valence-electron chi connectivity index (χ4n) is 3.68. The van der Waals surface area contributed by atoms with Crippen LogP contribution in [0, 0.1) is 0 Å². The largest absolute Gasteiger partial charge is 0.340 e. The molecular weight excluding hydrogens is 347 g/mol. The summed E-state index contributed by atoms with van der Waals surface area (Å²) in [5.74, 6) is 0.277. The quantitative estimate of drug-likeness (QED) is 0.762. The Hall–Kier alpha value is -0.0700. The lowest BCUT2D eigenvalue weighted by Gasteiger charge is -2.36. The first kappa shape index (κ1) is 23.9. The van der Waals surface area contributed by atoms with E-state index in [1.54, 1.807) is 0 Å². The predicted molar refractivity (Wildman–Crippen MR) is 105 cm³/mol. The first-order valence-corrected chi connectivity index (χ1v) is 8.99. The van der Waals surface area contributed by atoms with Crippen LogP contribution in [0.4, 0.5) is 0 Å². The Balaban J connectivity index is 0.00000264. The summed E-state index contributed by atoms with van der Waals surface area (Å²) in [6, 6.07) is 1.59. The van der Waals surface area contributed by atoms with E-state index in [-0.39, 0.29) is 36.8 Å². The van der Waals surface area contributed by atoms with Crippen molar-refractivity contribution in [3.8, 4) is 0 Å². The molecule has 2 rings (SSSR count). The second kappa shape index (κ2) is 11.5. The first-order chi connectivity index (χ1) is 10.5. The van der Waals surface area contributed by atoms with Crippen molar-refractivity contribution in [2.24, 2.45) is 5.73 Å². The van der Waals surface area contributed by atoms with Gasteiger partial charge in [0, 0.05) is 63.8 Å². The fourth-order valence-corrected chi connectivity index (χ4v) is 3.68. The van der Waals surface area contributed by atoms with E-state index in [1.165, 1.54) is 19.4 Å². The minimum absolute atomic E-state index is 0. The van der Waals surface area contributed by atoms with Crippen molar-refractivity contribution in [3.05, 3.63) is 0 Å². The van der Waals surface area contributed by atoms with Crippen LogP contribution in [0.25, 0.3) is 0 Å². The molecule has 2 aliphatic heterocycles. The number of likely N-dealkylation sites (tertiary alicyclic amines) is 1. The van der Waals surface area contributed by atoms with Crippen LogP contribution in [-0.4, -0.2) is 78.0 Å². The van der Waals surface area contributed by atoms with Crippen molar-refractivity contribution in [1.82, 2.24) is 14.7 Å². The van der Waals surface area contributed by atoms with Crippen LogP contribution in [0.1, 0.15) is 46.5 Å². The van der Waals surface area contributed by atoms with Crippen LogP contribution in [-0.2, 0) is 4.79 Å². The molecular formula is C17H36Cl2N4O. The zero-order valence-corrected chi connectivity index (χ0v) is 17.1. The first-order valence-electron chi connectivity index (χ1n) is 8.99. The van der Waals surface area contributed by atoms with E-state index in [2.05, 4.69) is 23.6 Å². The maximum Gasteiger partial charge on any atom is 0.222 e. The third-order valence-corrected chi connectivity index (χ3v) is 5.35. The van der Waals surface area contributed by atoms with E-state index in [0.717, 1.165) is 51.2 Å². The Morgan fingerprint density at radius 1 is 1.04 bits per heavy atom. The van der Waals surface area contributed by atoms with Crippen LogP contribution in [0.5, 0.6) is 0 Å². The summed E-state index contributed by atoms with van der Waals surface area (Å²) >= 11 is 0. The number of piperazine rings is 1. The number of carbonyl (C=O) groups is 1.